The molecule has 0 bridgehead atoms. The lowest BCUT2D eigenvalue weighted by molar-refractivity contribution is 0.251. The van der Waals surface area contributed by atoms with Crippen molar-refractivity contribution in [3.8, 4) is 22.4 Å². The second-order valence-electron chi connectivity index (χ2n) is 9.90. The molecule has 8 nitrogen and oxygen atoms in total. The number of fused-ring (bicyclic) bond motifs is 1. The fraction of sp³-hybridized carbons (Fsp3) is 0.379. The Morgan fingerprint density at radius 1 is 1.03 bits per heavy atom. The predicted octanol–water partition coefficient (Wildman–Crippen LogP) is 4.49. The maximum absolute atomic E-state index is 12.7. The van der Waals surface area contributed by atoms with Crippen LogP contribution in [-0.4, -0.2) is 48.3 Å². The van der Waals surface area contributed by atoms with Crippen molar-refractivity contribution < 1.29 is 12.8 Å². The molecule has 2 aromatic heterocycles. The van der Waals surface area contributed by atoms with Crippen molar-refractivity contribution in [2.45, 2.75) is 56.1 Å². The van der Waals surface area contributed by atoms with Crippen molar-refractivity contribution in [2.75, 3.05) is 19.3 Å². The number of benzene rings is 2. The van der Waals surface area contributed by atoms with Crippen LogP contribution in [0.15, 0.2) is 70.6 Å². The van der Waals surface area contributed by atoms with Crippen LogP contribution in [-0.2, 0) is 16.4 Å². The lowest BCUT2D eigenvalue weighted by atomic mass is 9.99. The third-order valence-corrected chi connectivity index (χ3v) is 7.86. The van der Waals surface area contributed by atoms with Gasteiger partial charge in [-0.05, 0) is 55.6 Å². The van der Waals surface area contributed by atoms with E-state index >= 15 is 0 Å². The second-order valence-corrected chi connectivity index (χ2v) is 11.9. The molecule has 10 heteroatoms. The minimum Gasteiger partial charge on any atom is -0.330 e. The second kappa shape index (κ2) is 13.1. The summed E-state index contributed by atoms with van der Waals surface area (Å²) in [5, 5.41) is 3.33. The van der Waals surface area contributed by atoms with E-state index in [-0.39, 0.29) is 10.5 Å². The molecule has 1 fully saturated rings. The maximum atomic E-state index is 12.7. The summed E-state index contributed by atoms with van der Waals surface area (Å²) >= 11 is 0. The zero-order chi connectivity index (χ0) is 27.8. The fourth-order valence-electron chi connectivity index (χ4n) is 4.48. The number of alkyl halides is 1. The van der Waals surface area contributed by atoms with Gasteiger partial charge in [0.1, 0.15) is 6.17 Å². The van der Waals surface area contributed by atoms with Crippen LogP contribution in [0.5, 0.6) is 0 Å². The quantitative estimate of drug-likeness (QED) is 0.277. The number of halogens is 1. The maximum Gasteiger partial charge on any atom is 0.260 e. The van der Waals surface area contributed by atoms with Gasteiger partial charge in [0.15, 0.2) is 9.84 Å². The van der Waals surface area contributed by atoms with E-state index in [1.165, 1.54) is 12.7 Å². The van der Waals surface area contributed by atoms with Crippen molar-refractivity contribution >= 4 is 15.6 Å². The van der Waals surface area contributed by atoms with E-state index in [1.54, 1.807) is 41.1 Å². The number of nitrogens with one attached hydrogen (secondary N) is 2. The summed E-state index contributed by atoms with van der Waals surface area (Å²) in [6, 6.07) is 14.4. The summed E-state index contributed by atoms with van der Waals surface area (Å²) in [5.74, 6) is 0.418. The molecule has 0 saturated heterocycles. The highest BCUT2D eigenvalue weighted by Crippen LogP contribution is 2.22. The largest absolute Gasteiger partial charge is 0.330 e. The number of nitrogens with zero attached hydrogens (tertiary/aromatic N) is 2. The molecule has 1 saturated carbocycles. The third kappa shape index (κ3) is 7.84. The van der Waals surface area contributed by atoms with Gasteiger partial charge in [-0.3, -0.25) is 14.2 Å². The monoisotopic (exact) mass is 553 g/mol. The van der Waals surface area contributed by atoms with Gasteiger partial charge in [-0.2, -0.15) is 0 Å². The number of rotatable bonds is 8. The highest BCUT2D eigenvalue weighted by atomic mass is 32.2. The van der Waals surface area contributed by atoms with Crippen LogP contribution in [0.2, 0.25) is 0 Å². The summed E-state index contributed by atoms with van der Waals surface area (Å²) in [4.78, 5) is 20.2. The number of imidazole rings is 1. The average molecular weight is 554 g/mol. The van der Waals surface area contributed by atoms with Gasteiger partial charge in [-0.1, -0.05) is 55.7 Å². The van der Waals surface area contributed by atoms with Gasteiger partial charge >= 0.3 is 0 Å². The van der Waals surface area contributed by atoms with Crippen LogP contribution in [0, 0.1) is 0 Å². The molecule has 208 valence electrons. The number of hydrogen-bond acceptors (Lipinski definition) is 6. The number of nitrogens with two attached hydrogens (primary N) is 1. The van der Waals surface area contributed by atoms with E-state index in [2.05, 4.69) is 15.3 Å². The van der Waals surface area contributed by atoms with Crippen LogP contribution in [0.1, 0.15) is 44.1 Å². The number of hydrogen-bond donors (Lipinski definition) is 3. The molecule has 2 aromatic carbocycles. The molecule has 0 atom stereocenters. The fourth-order valence-corrected chi connectivity index (χ4v) is 5.11. The number of aromatic nitrogens is 3. The van der Waals surface area contributed by atoms with Crippen molar-refractivity contribution in [1.29, 1.82) is 0 Å². The zero-order valence-corrected chi connectivity index (χ0v) is 23.0. The van der Waals surface area contributed by atoms with Gasteiger partial charge in [-0.15, -0.1) is 0 Å². The van der Waals surface area contributed by atoms with Gasteiger partial charge in [0.25, 0.3) is 5.56 Å². The van der Waals surface area contributed by atoms with Crippen molar-refractivity contribution in [3.05, 3.63) is 76.8 Å². The van der Waals surface area contributed by atoms with Crippen LogP contribution in [0.25, 0.3) is 28.2 Å². The molecule has 0 spiro atoms. The first-order valence-electron chi connectivity index (χ1n) is 13.3. The van der Waals surface area contributed by atoms with E-state index < -0.39 is 16.0 Å². The number of aromatic amines is 1. The molecule has 4 N–H and O–H groups in total. The third-order valence-electron chi connectivity index (χ3n) is 6.74. The van der Waals surface area contributed by atoms with E-state index in [4.69, 9.17) is 5.73 Å². The first-order valence-corrected chi connectivity index (χ1v) is 15.2. The Hall–Kier alpha value is -3.34. The summed E-state index contributed by atoms with van der Waals surface area (Å²) in [6.07, 6.45) is 10.3. The minimum atomic E-state index is -3.26. The van der Waals surface area contributed by atoms with Crippen molar-refractivity contribution in [1.82, 2.24) is 19.7 Å². The molecule has 2 heterocycles. The van der Waals surface area contributed by atoms with Gasteiger partial charge in [0.05, 0.1) is 16.2 Å². The molecule has 39 heavy (non-hydrogen) atoms. The van der Waals surface area contributed by atoms with E-state index in [0.29, 0.717) is 23.6 Å². The lowest BCUT2D eigenvalue weighted by Gasteiger charge is -2.12. The summed E-state index contributed by atoms with van der Waals surface area (Å²) in [6.45, 7) is 2.28. The molecule has 0 aliphatic heterocycles. The van der Waals surface area contributed by atoms with Gasteiger partial charge < -0.3 is 11.1 Å². The Kier molecular flexibility index (Phi) is 9.66. The summed E-state index contributed by atoms with van der Waals surface area (Å²) in [7, 11) is -3.26. The smallest absolute Gasteiger partial charge is 0.260 e. The van der Waals surface area contributed by atoms with Crippen molar-refractivity contribution in [3.63, 3.8) is 0 Å². The van der Waals surface area contributed by atoms with Gasteiger partial charge in [0.2, 0.25) is 5.78 Å². The highest BCUT2D eigenvalue weighted by Gasteiger charge is 2.12. The Balaban J connectivity index is 0.000000438. The normalized spacial score (nSPS) is 14.2. The molecule has 4 aromatic rings. The minimum absolute atomic E-state index is 0.226. The molecule has 0 unspecified atom stereocenters. The van der Waals surface area contributed by atoms with Gasteiger partial charge in [-0.25, -0.2) is 17.8 Å². The zero-order valence-electron chi connectivity index (χ0n) is 22.2. The molecule has 0 radical (unpaired) electrons. The number of sulfone groups is 1. The van der Waals surface area contributed by atoms with Crippen LogP contribution in [0.3, 0.4) is 0 Å². The highest BCUT2D eigenvalue weighted by molar-refractivity contribution is 7.90. The Bertz CT molecular complexity index is 1520. The van der Waals surface area contributed by atoms with E-state index in [1.807, 2.05) is 24.3 Å². The van der Waals surface area contributed by atoms with E-state index in [9.17, 15) is 17.6 Å². The van der Waals surface area contributed by atoms with Gasteiger partial charge in [0, 0.05) is 30.8 Å². The first-order chi connectivity index (χ1) is 18.7. The molecular formula is C29H36FN5O3S. The lowest BCUT2D eigenvalue weighted by Crippen LogP contribution is -2.17. The number of H-pyrrole nitrogens is 1. The first kappa shape index (κ1) is 28.7. The Morgan fingerprint density at radius 3 is 2.28 bits per heavy atom. The summed E-state index contributed by atoms with van der Waals surface area (Å²) in [5.41, 5.74) is 9.15. The molecule has 1 aliphatic rings. The summed E-state index contributed by atoms with van der Waals surface area (Å²) < 4.78 is 37.3. The Labute approximate surface area is 228 Å². The SMILES string of the molecule is CS(=O)(=O)c1ccc(-c2cn3cc(-c4ccc(CNCCCN)cc4)c(=O)[nH]c3n2)cc1.FC1CCCCC1. The molecule has 0 amide bonds. The van der Waals surface area contributed by atoms with Crippen molar-refractivity contribution in [2.24, 2.45) is 5.73 Å². The topological polar surface area (TPSA) is 122 Å². The Morgan fingerprint density at radius 2 is 1.69 bits per heavy atom. The molecule has 1 aliphatic carbocycles. The molecule has 5 rings (SSSR count). The standard InChI is InChI=1S/C23H25N5O3S.C6H11F/c1-32(30,31)19-9-7-18(8-10-19)21-15-28-14-20(22(29)27-23(28)26-21)17-5-3-16(4-6-17)13-25-12-2-11-24;7-6-4-2-1-3-5-6/h3-10,14-15,25H,2,11-13,24H2,1H3,(H,26,27,29);6H,1-5H2. The average Bonchev–Trinajstić information content (AvgIpc) is 3.34. The van der Waals surface area contributed by atoms with Crippen LogP contribution < -0.4 is 16.6 Å². The van der Waals surface area contributed by atoms with Crippen LogP contribution >= 0.6 is 0 Å². The predicted molar refractivity (Wildman–Crippen MR) is 153 cm³/mol. The van der Waals surface area contributed by atoms with E-state index in [0.717, 1.165) is 61.9 Å². The van der Waals surface area contributed by atoms with Crippen LogP contribution in [0.4, 0.5) is 4.39 Å². The molecular weight excluding hydrogens is 517 g/mol.